The highest BCUT2D eigenvalue weighted by Gasteiger charge is 2.21. The molecule has 0 spiro atoms. The Labute approximate surface area is 141 Å². The number of rotatable bonds is 5. The molecule has 124 valence electrons. The number of hydrazine groups is 1. The minimum absolute atomic E-state index is 0.162. The van der Waals surface area contributed by atoms with Crippen molar-refractivity contribution in [1.82, 2.24) is 10.9 Å². The SMILES string of the molecule is O=C(CSC1N=C(c2ccc(F)cc2F)NN1)Nc1ccccc1. The Balaban J connectivity index is 1.55. The quantitative estimate of drug-likeness (QED) is 0.777. The molecule has 1 atom stereocenters. The number of halogens is 2. The van der Waals surface area contributed by atoms with Crippen LogP contribution < -0.4 is 16.2 Å². The summed E-state index contributed by atoms with van der Waals surface area (Å²) in [6, 6.07) is 12.4. The summed E-state index contributed by atoms with van der Waals surface area (Å²) in [5, 5.41) is 2.77. The van der Waals surface area contributed by atoms with Crippen LogP contribution in [0.3, 0.4) is 0 Å². The first-order valence-electron chi connectivity index (χ1n) is 7.13. The predicted molar refractivity (Wildman–Crippen MR) is 90.5 cm³/mol. The van der Waals surface area contributed by atoms with E-state index in [0.717, 1.165) is 17.8 Å². The molecule has 0 aliphatic carbocycles. The lowest BCUT2D eigenvalue weighted by atomic mass is 10.2. The number of carbonyl (C=O) groups excluding carboxylic acids is 1. The highest BCUT2D eigenvalue weighted by atomic mass is 32.2. The van der Waals surface area contributed by atoms with E-state index in [1.165, 1.54) is 17.8 Å². The Morgan fingerprint density at radius 2 is 2.00 bits per heavy atom. The number of thioether (sulfide) groups is 1. The number of carbonyl (C=O) groups is 1. The zero-order valence-electron chi connectivity index (χ0n) is 12.4. The van der Waals surface area contributed by atoms with E-state index in [2.05, 4.69) is 21.2 Å². The molecule has 24 heavy (non-hydrogen) atoms. The van der Waals surface area contributed by atoms with Gasteiger partial charge < -0.3 is 10.7 Å². The van der Waals surface area contributed by atoms with Gasteiger partial charge in [0.2, 0.25) is 5.91 Å². The van der Waals surface area contributed by atoms with Crippen molar-refractivity contribution in [1.29, 1.82) is 0 Å². The molecular formula is C16H14F2N4OS. The molecule has 2 aromatic carbocycles. The second-order valence-corrected chi connectivity index (χ2v) is 6.02. The highest BCUT2D eigenvalue weighted by Crippen LogP contribution is 2.17. The van der Waals surface area contributed by atoms with Gasteiger partial charge in [0, 0.05) is 11.8 Å². The zero-order valence-corrected chi connectivity index (χ0v) is 13.2. The van der Waals surface area contributed by atoms with Crippen LogP contribution in [0.25, 0.3) is 0 Å². The van der Waals surface area contributed by atoms with Gasteiger partial charge in [-0.2, -0.15) is 0 Å². The monoisotopic (exact) mass is 348 g/mol. The lowest BCUT2D eigenvalue weighted by Gasteiger charge is -2.07. The topological polar surface area (TPSA) is 65.5 Å². The van der Waals surface area contributed by atoms with E-state index in [9.17, 15) is 13.6 Å². The summed E-state index contributed by atoms with van der Waals surface area (Å²) in [6.45, 7) is 0. The average molecular weight is 348 g/mol. The third-order valence-electron chi connectivity index (χ3n) is 3.18. The number of hydrogen-bond acceptors (Lipinski definition) is 5. The van der Waals surface area contributed by atoms with E-state index >= 15 is 0 Å². The summed E-state index contributed by atoms with van der Waals surface area (Å²) < 4.78 is 26.7. The molecule has 1 heterocycles. The molecule has 0 fully saturated rings. The van der Waals surface area contributed by atoms with Gasteiger partial charge >= 0.3 is 0 Å². The van der Waals surface area contributed by atoms with E-state index in [0.29, 0.717) is 0 Å². The first-order chi connectivity index (χ1) is 11.6. The number of nitrogens with zero attached hydrogens (tertiary/aromatic N) is 1. The molecule has 2 aromatic rings. The molecule has 0 saturated heterocycles. The number of anilines is 1. The third kappa shape index (κ3) is 4.09. The summed E-state index contributed by atoms with van der Waals surface area (Å²) in [6.07, 6.45) is 0. The van der Waals surface area contributed by atoms with Gasteiger partial charge in [-0.3, -0.25) is 4.79 Å². The van der Waals surface area contributed by atoms with Gasteiger partial charge in [0.15, 0.2) is 5.50 Å². The van der Waals surface area contributed by atoms with Crippen molar-refractivity contribution in [3.63, 3.8) is 0 Å². The van der Waals surface area contributed by atoms with E-state index in [4.69, 9.17) is 0 Å². The maximum absolute atomic E-state index is 13.7. The van der Waals surface area contributed by atoms with Crippen molar-refractivity contribution in [2.45, 2.75) is 5.50 Å². The van der Waals surface area contributed by atoms with Gasteiger partial charge in [0.25, 0.3) is 0 Å². The van der Waals surface area contributed by atoms with E-state index in [-0.39, 0.29) is 23.1 Å². The van der Waals surface area contributed by atoms with E-state index in [1.54, 1.807) is 12.1 Å². The third-order valence-corrected chi connectivity index (χ3v) is 4.14. The number of benzene rings is 2. The molecule has 1 amide bonds. The van der Waals surface area contributed by atoms with Crippen LogP contribution in [0.2, 0.25) is 0 Å². The molecule has 1 aliphatic heterocycles. The largest absolute Gasteiger partial charge is 0.325 e. The fraction of sp³-hybridized carbons (Fsp3) is 0.125. The van der Waals surface area contributed by atoms with Crippen LogP contribution in [-0.4, -0.2) is 23.0 Å². The number of amidine groups is 1. The second-order valence-electron chi connectivity index (χ2n) is 4.95. The van der Waals surface area contributed by atoms with Gasteiger partial charge in [0.05, 0.1) is 11.3 Å². The van der Waals surface area contributed by atoms with E-state index < -0.39 is 17.1 Å². The molecule has 3 rings (SSSR count). The summed E-state index contributed by atoms with van der Waals surface area (Å²) >= 11 is 1.25. The maximum atomic E-state index is 13.7. The van der Waals surface area contributed by atoms with E-state index in [1.807, 2.05) is 18.2 Å². The maximum Gasteiger partial charge on any atom is 0.234 e. The summed E-state index contributed by atoms with van der Waals surface area (Å²) in [5.41, 5.74) is 6.03. The Kier molecular flexibility index (Phi) is 5.07. The van der Waals surface area contributed by atoms with Crippen molar-refractivity contribution in [2.24, 2.45) is 4.99 Å². The smallest absolute Gasteiger partial charge is 0.234 e. The first kappa shape index (κ1) is 16.4. The normalized spacial score (nSPS) is 16.4. The van der Waals surface area contributed by atoms with Crippen molar-refractivity contribution in [3.8, 4) is 0 Å². The molecule has 8 heteroatoms. The first-order valence-corrected chi connectivity index (χ1v) is 8.18. The number of aliphatic imine (C=N–C) groups is 1. The molecule has 1 aliphatic rings. The molecule has 0 bridgehead atoms. The number of nitrogens with one attached hydrogen (secondary N) is 3. The molecule has 3 N–H and O–H groups in total. The Morgan fingerprint density at radius 3 is 2.75 bits per heavy atom. The summed E-state index contributed by atoms with van der Waals surface area (Å²) in [7, 11) is 0. The minimum Gasteiger partial charge on any atom is -0.325 e. The lowest BCUT2D eigenvalue weighted by Crippen LogP contribution is -2.34. The molecule has 0 saturated carbocycles. The minimum atomic E-state index is -0.699. The van der Waals surface area contributed by atoms with Crippen molar-refractivity contribution >= 4 is 29.2 Å². The number of hydrogen-bond donors (Lipinski definition) is 3. The summed E-state index contributed by atoms with van der Waals surface area (Å²) in [4.78, 5) is 16.1. The van der Waals surface area contributed by atoms with Crippen LogP contribution in [-0.2, 0) is 4.79 Å². The fourth-order valence-corrected chi connectivity index (χ4v) is 2.79. The van der Waals surface area contributed by atoms with Gasteiger partial charge in [-0.05, 0) is 24.3 Å². The van der Waals surface area contributed by atoms with Crippen LogP contribution in [0.15, 0.2) is 53.5 Å². The van der Waals surface area contributed by atoms with Gasteiger partial charge in [-0.25, -0.2) is 19.2 Å². The van der Waals surface area contributed by atoms with Crippen molar-refractivity contribution < 1.29 is 13.6 Å². The zero-order chi connectivity index (χ0) is 16.9. The van der Waals surface area contributed by atoms with Gasteiger partial charge in [-0.15, -0.1) is 11.8 Å². The molecule has 0 aromatic heterocycles. The van der Waals surface area contributed by atoms with Crippen LogP contribution in [0.4, 0.5) is 14.5 Å². The van der Waals surface area contributed by atoms with Gasteiger partial charge in [0.1, 0.15) is 17.5 Å². The van der Waals surface area contributed by atoms with Crippen LogP contribution in [0, 0.1) is 11.6 Å². The predicted octanol–water partition coefficient (Wildman–Crippen LogP) is 2.47. The summed E-state index contributed by atoms with van der Waals surface area (Å²) in [5.74, 6) is -1.06. The van der Waals surface area contributed by atoms with Gasteiger partial charge in [-0.1, -0.05) is 18.2 Å². The second kappa shape index (κ2) is 7.41. The standard InChI is InChI=1S/C16H14F2N4OS/c17-10-6-7-12(13(18)8-10)15-20-16(22-21-15)24-9-14(23)19-11-4-2-1-3-5-11/h1-8,16,22H,9H2,(H,19,23)(H,20,21). The van der Waals surface area contributed by atoms with Crippen LogP contribution >= 0.6 is 11.8 Å². The Morgan fingerprint density at radius 1 is 1.21 bits per heavy atom. The highest BCUT2D eigenvalue weighted by molar-refractivity contribution is 8.00. The molecule has 5 nitrogen and oxygen atoms in total. The molecular weight excluding hydrogens is 334 g/mol. The Hall–Kier alpha value is -2.45. The fourth-order valence-electron chi connectivity index (χ4n) is 2.08. The molecule has 1 unspecified atom stereocenters. The van der Waals surface area contributed by atoms with Crippen LogP contribution in [0.1, 0.15) is 5.56 Å². The number of para-hydroxylation sites is 1. The Bertz CT molecular complexity index is 770. The van der Waals surface area contributed by atoms with Crippen molar-refractivity contribution in [3.05, 3.63) is 65.7 Å². The van der Waals surface area contributed by atoms with Crippen molar-refractivity contribution in [2.75, 3.05) is 11.1 Å². The number of amides is 1. The average Bonchev–Trinajstić information content (AvgIpc) is 3.02. The lowest BCUT2D eigenvalue weighted by molar-refractivity contribution is -0.113. The van der Waals surface area contributed by atoms with Crippen LogP contribution in [0.5, 0.6) is 0 Å². The molecule has 0 radical (unpaired) electrons.